The fourth-order valence-corrected chi connectivity index (χ4v) is 1.53. The molecule has 0 bridgehead atoms. The molecule has 0 saturated carbocycles. The van der Waals surface area contributed by atoms with Crippen LogP contribution in [0.2, 0.25) is 0 Å². The molecular formula is C15H16O2. The molecule has 0 spiro atoms. The Bertz CT molecular complexity index is 443. The lowest BCUT2D eigenvalue weighted by molar-refractivity contribution is -0.0979. The first-order valence-corrected chi connectivity index (χ1v) is 5.29. The van der Waals surface area contributed by atoms with E-state index in [0.717, 1.165) is 5.75 Å². The second-order valence-electron chi connectivity index (χ2n) is 3.59. The van der Waals surface area contributed by atoms with Crippen LogP contribution in [-0.2, 0) is 4.79 Å². The fourth-order valence-electron chi connectivity index (χ4n) is 1.53. The van der Waals surface area contributed by atoms with Crippen LogP contribution in [-0.4, -0.2) is 13.9 Å². The maximum atomic E-state index is 8.00. The third kappa shape index (κ3) is 3.45. The normalized spacial score (nSPS) is 9.06. The highest BCUT2D eigenvalue weighted by Gasteiger charge is 1.97. The van der Waals surface area contributed by atoms with Gasteiger partial charge in [0, 0.05) is 0 Å². The molecule has 2 nitrogen and oxygen atoms in total. The van der Waals surface area contributed by atoms with Crippen molar-refractivity contribution in [3.05, 3.63) is 54.1 Å². The zero-order valence-electron chi connectivity index (χ0n) is 10.1. The monoisotopic (exact) mass is 228 g/mol. The lowest BCUT2D eigenvalue weighted by Gasteiger charge is -2.03. The molecule has 0 aliphatic rings. The molecule has 0 amide bonds. The van der Waals surface area contributed by atoms with E-state index in [9.17, 15) is 0 Å². The second kappa shape index (κ2) is 6.48. The Morgan fingerprint density at radius 3 is 1.65 bits per heavy atom. The van der Waals surface area contributed by atoms with Gasteiger partial charge in [-0.15, -0.1) is 0 Å². The number of rotatable bonds is 2. The van der Waals surface area contributed by atoms with Crippen molar-refractivity contribution in [2.24, 2.45) is 0 Å². The second-order valence-corrected chi connectivity index (χ2v) is 3.59. The van der Waals surface area contributed by atoms with Gasteiger partial charge in [0.05, 0.1) is 7.11 Å². The molecule has 2 heteroatoms. The van der Waals surface area contributed by atoms with E-state index in [-0.39, 0.29) is 0 Å². The predicted octanol–water partition coefficient (Wildman–Crippen LogP) is 3.49. The van der Waals surface area contributed by atoms with Gasteiger partial charge in [-0.3, -0.25) is 0 Å². The number of carbonyl (C=O) groups is 1. The van der Waals surface area contributed by atoms with Crippen LogP contribution in [0.25, 0.3) is 11.1 Å². The minimum absolute atomic E-state index is 0.894. The van der Waals surface area contributed by atoms with E-state index in [1.54, 1.807) is 7.11 Å². The van der Waals surface area contributed by atoms with Gasteiger partial charge >= 0.3 is 0 Å². The molecule has 0 fully saturated rings. The van der Waals surface area contributed by atoms with Crippen molar-refractivity contribution < 1.29 is 9.53 Å². The largest absolute Gasteiger partial charge is 0.497 e. The van der Waals surface area contributed by atoms with Crippen LogP contribution >= 0.6 is 0 Å². The average Bonchev–Trinajstić information content (AvgIpc) is 2.42. The number of benzene rings is 2. The molecule has 0 saturated heterocycles. The van der Waals surface area contributed by atoms with E-state index in [2.05, 4.69) is 43.3 Å². The summed E-state index contributed by atoms with van der Waals surface area (Å²) in [5.41, 5.74) is 3.74. The molecule has 0 aliphatic heterocycles. The van der Waals surface area contributed by atoms with Crippen LogP contribution in [0.1, 0.15) is 5.56 Å². The number of hydrogen-bond donors (Lipinski definition) is 0. The molecule has 2 aromatic rings. The number of aryl methyl sites for hydroxylation is 1. The minimum atomic E-state index is 0.894. The molecule has 17 heavy (non-hydrogen) atoms. The predicted molar refractivity (Wildman–Crippen MR) is 70.3 cm³/mol. The van der Waals surface area contributed by atoms with E-state index >= 15 is 0 Å². The van der Waals surface area contributed by atoms with Gasteiger partial charge in [0.2, 0.25) is 0 Å². The van der Waals surface area contributed by atoms with Crippen molar-refractivity contribution in [2.45, 2.75) is 6.92 Å². The van der Waals surface area contributed by atoms with Gasteiger partial charge < -0.3 is 9.53 Å². The molecule has 0 atom stereocenters. The lowest BCUT2D eigenvalue weighted by Crippen LogP contribution is -1.82. The van der Waals surface area contributed by atoms with Gasteiger partial charge in [-0.1, -0.05) is 42.0 Å². The van der Waals surface area contributed by atoms with Crippen molar-refractivity contribution in [3.63, 3.8) is 0 Å². The first kappa shape index (κ1) is 13.0. The van der Waals surface area contributed by atoms with E-state index in [4.69, 9.17) is 9.53 Å². The molecule has 2 aromatic carbocycles. The third-order valence-electron chi connectivity index (χ3n) is 2.47. The summed E-state index contributed by atoms with van der Waals surface area (Å²) in [5.74, 6) is 0.894. The Kier molecular flexibility index (Phi) is 4.95. The molecule has 0 heterocycles. The maximum absolute atomic E-state index is 8.00. The van der Waals surface area contributed by atoms with Crippen LogP contribution < -0.4 is 4.74 Å². The quantitative estimate of drug-likeness (QED) is 0.786. The maximum Gasteiger partial charge on any atom is 0.118 e. The van der Waals surface area contributed by atoms with E-state index in [0.29, 0.717) is 0 Å². The highest BCUT2D eigenvalue weighted by Crippen LogP contribution is 2.22. The summed E-state index contributed by atoms with van der Waals surface area (Å²) in [4.78, 5) is 8.00. The van der Waals surface area contributed by atoms with E-state index in [1.807, 2.05) is 18.9 Å². The van der Waals surface area contributed by atoms with Gasteiger partial charge in [0.15, 0.2) is 0 Å². The smallest absolute Gasteiger partial charge is 0.118 e. The van der Waals surface area contributed by atoms with Crippen molar-refractivity contribution >= 4 is 6.79 Å². The molecule has 88 valence electrons. The highest BCUT2D eigenvalue weighted by molar-refractivity contribution is 5.64. The summed E-state index contributed by atoms with van der Waals surface area (Å²) < 4.78 is 5.12. The zero-order valence-corrected chi connectivity index (χ0v) is 10.1. The van der Waals surface area contributed by atoms with Gasteiger partial charge in [-0.2, -0.15) is 0 Å². The summed E-state index contributed by atoms with van der Waals surface area (Å²) >= 11 is 0. The lowest BCUT2D eigenvalue weighted by atomic mass is 10.0. The molecular weight excluding hydrogens is 212 g/mol. The van der Waals surface area contributed by atoms with Crippen molar-refractivity contribution in [1.82, 2.24) is 0 Å². The van der Waals surface area contributed by atoms with E-state index < -0.39 is 0 Å². The molecule has 0 N–H and O–H groups in total. The van der Waals surface area contributed by atoms with E-state index in [1.165, 1.54) is 16.7 Å². The van der Waals surface area contributed by atoms with Gasteiger partial charge in [-0.25, -0.2) is 0 Å². The van der Waals surface area contributed by atoms with Crippen LogP contribution in [0, 0.1) is 6.92 Å². The highest BCUT2D eigenvalue weighted by atomic mass is 16.5. The first-order chi connectivity index (χ1) is 8.29. The van der Waals surface area contributed by atoms with Crippen LogP contribution in [0.3, 0.4) is 0 Å². The summed E-state index contributed by atoms with van der Waals surface area (Å²) in [6.07, 6.45) is 0. The summed E-state index contributed by atoms with van der Waals surface area (Å²) in [7, 11) is 1.68. The average molecular weight is 228 g/mol. The minimum Gasteiger partial charge on any atom is -0.497 e. The number of ether oxygens (including phenoxy) is 1. The molecule has 2 rings (SSSR count). The van der Waals surface area contributed by atoms with Crippen molar-refractivity contribution in [2.75, 3.05) is 7.11 Å². The van der Waals surface area contributed by atoms with Crippen molar-refractivity contribution in [1.29, 1.82) is 0 Å². The Morgan fingerprint density at radius 1 is 0.824 bits per heavy atom. The Labute approximate surface area is 102 Å². The molecule has 0 unspecified atom stereocenters. The molecule has 0 radical (unpaired) electrons. The summed E-state index contributed by atoms with van der Waals surface area (Å²) in [6, 6.07) is 16.6. The van der Waals surface area contributed by atoms with Crippen molar-refractivity contribution in [3.8, 4) is 16.9 Å². The summed E-state index contributed by atoms with van der Waals surface area (Å²) in [6.45, 7) is 4.10. The van der Waals surface area contributed by atoms with Crippen LogP contribution in [0.5, 0.6) is 5.75 Å². The number of hydrogen-bond acceptors (Lipinski definition) is 2. The molecule has 0 aliphatic carbocycles. The Morgan fingerprint density at radius 2 is 1.24 bits per heavy atom. The van der Waals surface area contributed by atoms with Crippen LogP contribution in [0.4, 0.5) is 0 Å². The third-order valence-corrected chi connectivity index (χ3v) is 2.47. The topological polar surface area (TPSA) is 26.3 Å². The molecule has 0 aromatic heterocycles. The summed E-state index contributed by atoms with van der Waals surface area (Å²) in [5, 5.41) is 0. The Balaban J connectivity index is 0.000000686. The SMILES string of the molecule is C=O.COc1ccc(-c2ccc(C)cc2)cc1. The zero-order chi connectivity index (χ0) is 12.7. The fraction of sp³-hybridized carbons (Fsp3) is 0.133. The number of carbonyl (C=O) groups excluding carboxylic acids is 1. The standard InChI is InChI=1S/C14H14O.CH2O/c1-11-3-5-12(6-4-11)13-7-9-14(15-2)10-8-13;1-2/h3-10H,1-2H3;1H2. The van der Waals surface area contributed by atoms with Gasteiger partial charge in [0.25, 0.3) is 0 Å². The first-order valence-electron chi connectivity index (χ1n) is 5.29. The van der Waals surface area contributed by atoms with Crippen LogP contribution in [0.15, 0.2) is 48.5 Å². The van der Waals surface area contributed by atoms with Gasteiger partial charge in [-0.05, 0) is 30.2 Å². The van der Waals surface area contributed by atoms with Gasteiger partial charge in [0.1, 0.15) is 12.5 Å². The number of methoxy groups -OCH3 is 1. The Hall–Kier alpha value is -2.09.